The molecular formula is C27H33ClF3N3O7S. The fourth-order valence-electron chi connectivity index (χ4n) is 3.79. The molecule has 3 N–H and O–H groups in total. The molecule has 4 atom stereocenters. The summed E-state index contributed by atoms with van der Waals surface area (Å²) in [5.41, 5.74) is -5.59. The number of carbonyl (C=O) groups excluding carboxylic acids is 1. The number of fused-ring (bicyclic) bond motifs is 1. The van der Waals surface area contributed by atoms with E-state index < -0.39 is 62.7 Å². The molecule has 1 amide bonds. The zero-order valence-corrected chi connectivity index (χ0v) is 25.4. The summed E-state index contributed by atoms with van der Waals surface area (Å²) < 4.78 is 75.2. The largest absolute Gasteiger partial charge is 0.591 e. The fourth-order valence-corrected chi connectivity index (χ4v) is 4.68. The van der Waals surface area contributed by atoms with Crippen molar-refractivity contribution in [3.8, 4) is 17.2 Å². The average Bonchev–Trinajstić information content (AvgIpc) is 3.24. The molecule has 2 aromatic rings. The Labute approximate surface area is 249 Å². The molecule has 3 unspecified atom stereocenters. The lowest BCUT2D eigenvalue weighted by Gasteiger charge is -2.31. The number of pyridine rings is 1. The van der Waals surface area contributed by atoms with Gasteiger partial charge in [-0.3, -0.25) is 4.79 Å². The van der Waals surface area contributed by atoms with Crippen molar-refractivity contribution in [3.05, 3.63) is 46.2 Å². The molecule has 0 saturated heterocycles. The van der Waals surface area contributed by atoms with Gasteiger partial charge in [-0.1, -0.05) is 16.0 Å². The van der Waals surface area contributed by atoms with E-state index >= 15 is 0 Å². The maximum Gasteiger partial charge on any atom is 0.424 e. The molecule has 0 bridgehead atoms. The maximum absolute atomic E-state index is 14.4. The van der Waals surface area contributed by atoms with Crippen molar-refractivity contribution >= 4 is 35.1 Å². The fraction of sp³-hybridized carbons (Fsp3) is 0.519. The highest BCUT2D eigenvalue weighted by molar-refractivity contribution is 7.91. The molecule has 232 valence electrons. The summed E-state index contributed by atoms with van der Waals surface area (Å²) in [5, 5.41) is 22.1. The number of nitrogens with zero attached hydrogens (tertiary/aromatic N) is 2. The van der Waals surface area contributed by atoms with Crippen molar-refractivity contribution < 1.29 is 46.9 Å². The van der Waals surface area contributed by atoms with Crippen molar-refractivity contribution in [2.45, 2.75) is 62.7 Å². The lowest BCUT2D eigenvalue weighted by atomic mass is 9.84. The number of ether oxygens (including phenoxy) is 3. The first kappa shape index (κ1) is 33.7. The minimum atomic E-state index is -5.29. The Morgan fingerprint density at radius 2 is 2.00 bits per heavy atom. The van der Waals surface area contributed by atoms with Crippen LogP contribution < -0.4 is 19.5 Å². The van der Waals surface area contributed by atoms with Gasteiger partial charge in [0.05, 0.1) is 37.1 Å². The number of hydrogen-bond acceptors (Lipinski definition) is 9. The lowest BCUT2D eigenvalue weighted by molar-refractivity contribution is -0.265. The summed E-state index contributed by atoms with van der Waals surface area (Å²) in [6, 6.07) is 4.89. The topological polar surface area (TPSA) is 146 Å². The van der Waals surface area contributed by atoms with E-state index in [-0.39, 0.29) is 41.6 Å². The standard InChI is InChI=1S/C27H33ClF3N3O7S/c1-15(35)11-40-18-8-7-16(9-19(18)39-6)23(36)32-13-26(37,27(29,30)31)20-10-17-21(22(28)34-20)41-14-25(17,5)12-33-42(38)24(2,3)4/h7-10,12,15,35,37H,11,13-14H2,1-6H3,(H,32,36)/b33-12+/t15-,25?,26?,42?/m1/s1. The third-order valence-corrected chi connectivity index (χ3v) is 7.92. The van der Waals surface area contributed by atoms with E-state index in [1.54, 1.807) is 27.7 Å². The highest BCUT2D eigenvalue weighted by Crippen LogP contribution is 2.46. The number of aromatic nitrogens is 1. The summed E-state index contributed by atoms with van der Waals surface area (Å²) in [6.45, 7) is 6.84. The van der Waals surface area contributed by atoms with Crippen LogP contribution in [-0.2, 0) is 22.4 Å². The minimum absolute atomic E-state index is 0.00876. The average molecular weight is 636 g/mol. The second-order valence-electron chi connectivity index (χ2n) is 11.0. The predicted octanol–water partition coefficient (Wildman–Crippen LogP) is 3.87. The summed E-state index contributed by atoms with van der Waals surface area (Å²) >= 11 is 4.55. The molecule has 1 aromatic carbocycles. The van der Waals surface area contributed by atoms with Crippen molar-refractivity contribution in [2.75, 3.05) is 26.9 Å². The van der Waals surface area contributed by atoms with Crippen LogP contribution in [0.5, 0.6) is 17.2 Å². The van der Waals surface area contributed by atoms with E-state index in [0.717, 1.165) is 6.07 Å². The first-order chi connectivity index (χ1) is 19.3. The molecule has 10 nitrogen and oxygen atoms in total. The number of hydrogen-bond donors (Lipinski definition) is 3. The summed E-state index contributed by atoms with van der Waals surface area (Å²) in [4.78, 5) is 16.6. The molecule has 0 aliphatic carbocycles. The van der Waals surface area contributed by atoms with Gasteiger partial charge in [-0.2, -0.15) is 13.2 Å². The van der Waals surface area contributed by atoms with Gasteiger partial charge in [-0.15, -0.1) is 0 Å². The highest BCUT2D eigenvalue weighted by atomic mass is 35.5. The number of halogens is 4. The van der Waals surface area contributed by atoms with Crippen LogP contribution in [0.25, 0.3) is 0 Å². The molecule has 42 heavy (non-hydrogen) atoms. The van der Waals surface area contributed by atoms with Crippen molar-refractivity contribution in [1.82, 2.24) is 10.3 Å². The van der Waals surface area contributed by atoms with Gasteiger partial charge in [0, 0.05) is 11.1 Å². The Balaban J connectivity index is 1.93. The monoisotopic (exact) mass is 635 g/mol. The summed E-state index contributed by atoms with van der Waals surface area (Å²) in [7, 11) is 1.31. The molecule has 1 aliphatic rings. The van der Waals surface area contributed by atoms with E-state index in [4.69, 9.17) is 25.8 Å². The van der Waals surface area contributed by atoms with Gasteiger partial charge in [0.1, 0.15) is 29.3 Å². The van der Waals surface area contributed by atoms with Crippen LogP contribution in [0.4, 0.5) is 13.2 Å². The van der Waals surface area contributed by atoms with Crippen molar-refractivity contribution in [2.24, 2.45) is 4.40 Å². The molecular weight excluding hydrogens is 603 g/mol. The highest BCUT2D eigenvalue weighted by Gasteiger charge is 2.57. The van der Waals surface area contributed by atoms with Crippen LogP contribution in [0.1, 0.15) is 56.2 Å². The van der Waals surface area contributed by atoms with E-state index in [1.165, 1.54) is 38.4 Å². The lowest BCUT2D eigenvalue weighted by Crippen LogP contribution is -2.51. The smallest absolute Gasteiger partial charge is 0.424 e. The molecule has 0 fully saturated rings. The molecule has 0 radical (unpaired) electrons. The second-order valence-corrected chi connectivity index (χ2v) is 13.3. The van der Waals surface area contributed by atoms with E-state index in [1.807, 2.05) is 0 Å². The number of aliphatic hydroxyl groups excluding tert-OH is 1. The molecule has 0 saturated carbocycles. The number of methoxy groups -OCH3 is 1. The third kappa shape index (κ3) is 7.22. The second kappa shape index (κ2) is 12.4. The van der Waals surface area contributed by atoms with Crippen LogP contribution in [0.2, 0.25) is 5.15 Å². The molecule has 1 aromatic heterocycles. The van der Waals surface area contributed by atoms with Gasteiger partial charge in [0.2, 0.25) is 5.60 Å². The Morgan fingerprint density at radius 3 is 2.57 bits per heavy atom. The van der Waals surface area contributed by atoms with Gasteiger partial charge in [0.25, 0.3) is 5.91 Å². The third-order valence-electron chi connectivity index (χ3n) is 6.32. The van der Waals surface area contributed by atoms with Crippen molar-refractivity contribution in [1.29, 1.82) is 0 Å². The van der Waals surface area contributed by atoms with E-state index in [0.29, 0.717) is 0 Å². The van der Waals surface area contributed by atoms with Crippen molar-refractivity contribution in [3.63, 3.8) is 0 Å². The van der Waals surface area contributed by atoms with Crippen LogP contribution in [0.15, 0.2) is 28.7 Å². The SMILES string of the molecule is COc1cc(C(=O)NCC(O)(c2cc3c(c(Cl)n2)OCC3(C)/C=N/[S+]([O-])C(C)(C)C)C(F)(F)F)ccc1OC[C@@H](C)O. The number of rotatable bonds is 10. The zero-order chi connectivity index (χ0) is 31.7. The number of amides is 1. The van der Waals surface area contributed by atoms with Gasteiger partial charge >= 0.3 is 6.18 Å². The Kier molecular flexibility index (Phi) is 9.99. The number of aliphatic hydroxyl groups is 2. The molecule has 3 rings (SSSR count). The minimum Gasteiger partial charge on any atom is -0.591 e. The molecule has 0 spiro atoms. The van der Waals surface area contributed by atoms with E-state index in [2.05, 4.69) is 14.7 Å². The molecule has 15 heteroatoms. The first-order valence-electron chi connectivity index (χ1n) is 12.7. The Bertz CT molecular complexity index is 1340. The summed E-state index contributed by atoms with van der Waals surface area (Å²) in [6.07, 6.45) is -4.74. The number of carbonyl (C=O) groups is 1. The number of benzene rings is 1. The van der Waals surface area contributed by atoms with Gasteiger partial charge in [-0.05, 0) is 58.9 Å². The molecule has 1 aliphatic heterocycles. The summed E-state index contributed by atoms with van der Waals surface area (Å²) in [5.74, 6) is -0.626. The maximum atomic E-state index is 14.4. The Hall–Kier alpha value is -2.78. The van der Waals surface area contributed by atoms with Gasteiger partial charge < -0.3 is 34.3 Å². The number of nitrogens with one attached hydrogen (secondary N) is 1. The normalized spacial score (nSPS) is 19.9. The van der Waals surface area contributed by atoms with E-state index in [9.17, 15) is 32.7 Å². The first-order valence-corrected chi connectivity index (χ1v) is 14.2. The predicted molar refractivity (Wildman–Crippen MR) is 151 cm³/mol. The molecule has 2 heterocycles. The van der Waals surface area contributed by atoms with Crippen LogP contribution in [0, 0.1) is 0 Å². The Morgan fingerprint density at radius 1 is 1.33 bits per heavy atom. The van der Waals surface area contributed by atoms with Gasteiger partial charge in [0.15, 0.2) is 22.4 Å². The zero-order valence-electron chi connectivity index (χ0n) is 23.8. The van der Waals surface area contributed by atoms with Crippen LogP contribution >= 0.6 is 11.6 Å². The number of alkyl halides is 3. The van der Waals surface area contributed by atoms with Crippen LogP contribution in [0.3, 0.4) is 0 Å². The van der Waals surface area contributed by atoms with Gasteiger partial charge in [-0.25, -0.2) is 4.98 Å². The van der Waals surface area contributed by atoms with Crippen LogP contribution in [-0.4, -0.2) is 75.8 Å². The quantitative estimate of drug-likeness (QED) is 0.203.